The second kappa shape index (κ2) is 5.92. The van der Waals surface area contributed by atoms with Crippen molar-refractivity contribution in [3.05, 3.63) is 35.4 Å². The van der Waals surface area contributed by atoms with Gasteiger partial charge >= 0.3 is 0 Å². The zero-order valence-electron chi connectivity index (χ0n) is 10.2. The molecule has 0 fully saturated rings. The third-order valence-corrected chi connectivity index (χ3v) is 3.15. The molecule has 0 radical (unpaired) electrons. The van der Waals surface area contributed by atoms with E-state index in [2.05, 4.69) is 45.0 Å². The average molecular weight is 205 g/mol. The standard InChI is InChI=1S/C14H23N/c1-4-12(3)14-7-5-13(6-8-14)9-11(2)10-15/h5-8,11-12H,4,9-10,15H2,1-3H3. The minimum atomic E-state index is 0.583. The normalized spacial score (nSPS) is 14.9. The van der Waals surface area contributed by atoms with Gasteiger partial charge in [-0.3, -0.25) is 0 Å². The molecule has 0 saturated carbocycles. The molecule has 0 aromatic heterocycles. The van der Waals surface area contributed by atoms with E-state index in [0.29, 0.717) is 11.8 Å². The van der Waals surface area contributed by atoms with Gasteiger partial charge in [0.1, 0.15) is 0 Å². The summed E-state index contributed by atoms with van der Waals surface area (Å²) in [6.07, 6.45) is 2.30. The maximum atomic E-state index is 5.62. The molecule has 0 saturated heterocycles. The highest BCUT2D eigenvalue weighted by molar-refractivity contribution is 5.25. The summed E-state index contributed by atoms with van der Waals surface area (Å²) in [5.41, 5.74) is 8.47. The highest BCUT2D eigenvalue weighted by atomic mass is 14.5. The van der Waals surface area contributed by atoms with Gasteiger partial charge in [-0.25, -0.2) is 0 Å². The van der Waals surface area contributed by atoms with Crippen LogP contribution in [0.1, 0.15) is 44.2 Å². The molecule has 84 valence electrons. The first-order valence-electron chi connectivity index (χ1n) is 5.96. The lowest BCUT2D eigenvalue weighted by Gasteiger charge is -2.11. The van der Waals surface area contributed by atoms with Crippen LogP contribution >= 0.6 is 0 Å². The average Bonchev–Trinajstić information content (AvgIpc) is 2.29. The Balaban J connectivity index is 2.64. The summed E-state index contributed by atoms with van der Waals surface area (Å²) in [5.74, 6) is 1.26. The molecule has 0 bridgehead atoms. The minimum Gasteiger partial charge on any atom is -0.330 e. The number of hydrogen-bond acceptors (Lipinski definition) is 1. The summed E-state index contributed by atoms with van der Waals surface area (Å²) < 4.78 is 0. The van der Waals surface area contributed by atoms with Crippen molar-refractivity contribution in [1.82, 2.24) is 0 Å². The Hall–Kier alpha value is -0.820. The summed E-state index contributed by atoms with van der Waals surface area (Å²) in [6, 6.07) is 9.00. The molecule has 0 heterocycles. The first-order valence-corrected chi connectivity index (χ1v) is 5.96. The van der Waals surface area contributed by atoms with Crippen molar-refractivity contribution in [1.29, 1.82) is 0 Å². The van der Waals surface area contributed by atoms with Crippen LogP contribution in [0.5, 0.6) is 0 Å². The zero-order valence-corrected chi connectivity index (χ0v) is 10.2. The van der Waals surface area contributed by atoms with Gasteiger partial charge in [0.15, 0.2) is 0 Å². The second-order valence-corrected chi connectivity index (χ2v) is 4.60. The van der Waals surface area contributed by atoms with Crippen LogP contribution in [0.25, 0.3) is 0 Å². The Morgan fingerprint density at radius 3 is 2.20 bits per heavy atom. The topological polar surface area (TPSA) is 26.0 Å². The molecule has 1 aromatic carbocycles. The van der Waals surface area contributed by atoms with Gasteiger partial charge in [0, 0.05) is 0 Å². The van der Waals surface area contributed by atoms with Crippen LogP contribution in [-0.2, 0) is 6.42 Å². The van der Waals surface area contributed by atoms with E-state index in [1.54, 1.807) is 0 Å². The van der Waals surface area contributed by atoms with Gasteiger partial charge in [-0.15, -0.1) is 0 Å². The van der Waals surface area contributed by atoms with Crippen molar-refractivity contribution in [2.45, 2.75) is 39.5 Å². The molecule has 1 aromatic rings. The van der Waals surface area contributed by atoms with Gasteiger partial charge in [-0.05, 0) is 42.3 Å². The lowest BCUT2D eigenvalue weighted by atomic mass is 9.95. The van der Waals surface area contributed by atoms with Crippen molar-refractivity contribution in [3.8, 4) is 0 Å². The summed E-state index contributed by atoms with van der Waals surface area (Å²) in [6.45, 7) is 7.47. The van der Waals surface area contributed by atoms with Crippen molar-refractivity contribution in [2.75, 3.05) is 6.54 Å². The third kappa shape index (κ3) is 3.67. The van der Waals surface area contributed by atoms with Crippen LogP contribution in [0.2, 0.25) is 0 Å². The molecule has 1 nitrogen and oxygen atoms in total. The zero-order chi connectivity index (χ0) is 11.3. The van der Waals surface area contributed by atoms with Crippen molar-refractivity contribution >= 4 is 0 Å². The fraction of sp³-hybridized carbons (Fsp3) is 0.571. The Bertz CT molecular complexity index is 276. The largest absolute Gasteiger partial charge is 0.330 e. The summed E-state index contributed by atoms with van der Waals surface area (Å²) in [4.78, 5) is 0. The van der Waals surface area contributed by atoms with E-state index in [9.17, 15) is 0 Å². The van der Waals surface area contributed by atoms with Crippen LogP contribution in [0, 0.1) is 5.92 Å². The van der Waals surface area contributed by atoms with Gasteiger partial charge in [0.05, 0.1) is 0 Å². The van der Waals surface area contributed by atoms with E-state index >= 15 is 0 Å². The van der Waals surface area contributed by atoms with Gasteiger partial charge in [0.2, 0.25) is 0 Å². The molecule has 2 unspecified atom stereocenters. The van der Waals surface area contributed by atoms with Crippen LogP contribution in [0.3, 0.4) is 0 Å². The predicted molar refractivity (Wildman–Crippen MR) is 67.1 cm³/mol. The van der Waals surface area contributed by atoms with E-state index in [1.807, 2.05) is 0 Å². The quantitative estimate of drug-likeness (QED) is 0.784. The van der Waals surface area contributed by atoms with Crippen LogP contribution in [0.4, 0.5) is 0 Å². The Morgan fingerprint density at radius 1 is 1.13 bits per heavy atom. The molecule has 0 spiro atoms. The van der Waals surface area contributed by atoms with Gasteiger partial charge < -0.3 is 5.73 Å². The summed E-state index contributed by atoms with van der Waals surface area (Å²) >= 11 is 0. The Labute approximate surface area is 93.7 Å². The summed E-state index contributed by atoms with van der Waals surface area (Å²) in [7, 11) is 0. The summed E-state index contributed by atoms with van der Waals surface area (Å²) in [5, 5.41) is 0. The number of benzene rings is 1. The van der Waals surface area contributed by atoms with Crippen molar-refractivity contribution < 1.29 is 0 Å². The fourth-order valence-corrected chi connectivity index (χ4v) is 1.70. The lowest BCUT2D eigenvalue weighted by Crippen LogP contribution is -2.13. The fourth-order valence-electron chi connectivity index (χ4n) is 1.70. The maximum Gasteiger partial charge on any atom is -0.00483 e. The molecule has 0 aliphatic carbocycles. The first kappa shape index (κ1) is 12.3. The lowest BCUT2D eigenvalue weighted by molar-refractivity contribution is 0.592. The molecule has 15 heavy (non-hydrogen) atoms. The van der Waals surface area contributed by atoms with Crippen LogP contribution < -0.4 is 5.73 Å². The van der Waals surface area contributed by atoms with Gasteiger partial charge in [-0.1, -0.05) is 45.0 Å². The molecular formula is C14H23N. The van der Waals surface area contributed by atoms with Crippen LogP contribution in [0.15, 0.2) is 24.3 Å². The molecular weight excluding hydrogens is 182 g/mol. The van der Waals surface area contributed by atoms with Crippen molar-refractivity contribution in [3.63, 3.8) is 0 Å². The molecule has 1 rings (SSSR count). The number of nitrogens with two attached hydrogens (primary N) is 1. The minimum absolute atomic E-state index is 0.583. The molecule has 0 aliphatic rings. The predicted octanol–water partition coefficient (Wildman–Crippen LogP) is 3.34. The van der Waals surface area contributed by atoms with Crippen LogP contribution in [-0.4, -0.2) is 6.54 Å². The van der Waals surface area contributed by atoms with E-state index in [1.165, 1.54) is 17.5 Å². The highest BCUT2D eigenvalue weighted by Gasteiger charge is 2.04. The first-order chi connectivity index (χ1) is 7.17. The monoisotopic (exact) mass is 205 g/mol. The highest BCUT2D eigenvalue weighted by Crippen LogP contribution is 2.19. The van der Waals surface area contributed by atoms with E-state index in [4.69, 9.17) is 5.73 Å². The third-order valence-electron chi connectivity index (χ3n) is 3.15. The maximum absolute atomic E-state index is 5.62. The van der Waals surface area contributed by atoms with E-state index in [0.717, 1.165) is 13.0 Å². The smallest absolute Gasteiger partial charge is 0.00483 e. The molecule has 2 atom stereocenters. The second-order valence-electron chi connectivity index (χ2n) is 4.60. The molecule has 0 amide bonds. The van der Waals surface area contributed by atoms with E-state index in [-0.39, 0.29) is 0 Å². The number of hydrogen-bond donors (Lipinski definition) is 1. The molecule has 0 aliphatic heterocycles. The SMILES string of the molecule is CCC(C)c1ccc(CC(C)CN)cc1. The Kier molecular flexibility index (Phi) is 4.83. The number of rotatable bonds is 5. The van der Waals surface area contributed by atoms with E-state index < -0.39 is 0 Å². The van der Waals surface area contributed by atoms with Crippen molar-refractivity contribution in [2.24, 2.45) is 11.7 Å². The molecule has 2 N–H and O–H groups in total. The van der Waals surface area contributed by atoms with Gasteiger partial charge in [0.25, 0.3) is 0 Å². The van der Waals surface area contributed by atoms with Gasteiger partial charge in [-0.2, -0.15) is 0 Å². The molecule has 1 heteroatoms. The Morgan fingerprint density at radius 2 is 1.73 bits per heavy atom.